The van der Waals surface area contributed by atoms with E-state index in [1.807, 2.05) is 4.72 Å². The van der Waals surface area contributed by atoms with Gasteiger partial charge in [-0.15, -0.1) is 0 Å². The third-order valence-electron chi connectivity index (χ3n) is 2.35. The van der Waals surface area contributed by atoms with Gasteiger partial charge < -0.3 is 9.84 Å². The molecule has 0 atom stereocenters. The van der Waals surface area contributed by atoms with E-state index < -0.39 is 33.3 Å². The number of carboxylic acids is 1. The lowest BCUT2D eigenvalue weighted by Gasteiger charge is -2.12. The number of aromatic carboxylic acids is 1. The van der Waals surface area contributed by atoms with Gasteiger partial charge in [-0.1, -0.05) is 23.2 Å². The number of hydrogen-bond acceptors (Lipinski definition) is 5. The van der Waals surface area contributed by atoms with Crippen molar-refractivity contribution in [3.63, 3.8) is 0 Å². The van der Waals surface area contributed by atoms with Crippen LogP contribution >= 0.6 is 23.2 Å². The fraction of sp³-hybridized carbons (Fsp3) is 0.273. The maximum absolute atomic E-state index is 11.8. The highest BCUT2D eigenvalue weighted by Gasteiger charge is 2.21. The van der Waals surface area contributed by atoms with Crippen molar-refractivity contribution in [3.05, 3.63) is 27.7 Å². The van der Waals surface area contributed by atoms with Crippen molar-refractivity contribution < 1.29 is 27.9 Å². The number of methoxy groups -OCH3 is 1. The van der Waals surface area contributed by atoms with Gasteiger partial charge in [0, 0.05) is 5.02 Å². The van der Waals surface area contributed by atoms with E-state index in [1.165, 1.54) is 6.07 Å². The zero-order valence-electron chi connectivity index (χ0n) is 10.7. The first kappa shape index (κ1) is 17.5. The van der Waals surface area contributed by atoms with Crippen LogP contribution in [0.3, 0.4) is 0 Å². The van der Waals surface area contributed by atoms with Crippen LogP contribution in [0.25, 0.3) is 0 Å². The second-order valence-corrected chi connectivity index (χ2v) is 6.55. The summed E-state index contributed by atoms with van der Waals surface area (Å²) in [4.78, 5) is 22.0. The van der Waals surface area contributed by atoms with Crippen molar-refractivity contribution in [3.8, 4) is 0 Å². The lowest BCUT2D eigenvalue weighted by molar-refractivity contribution is -0.140. The van der Waals surface area contributed by atoms with Crippen molar-refractivity contribution >= 4 is 50.9 Å². The van der Waals surface area contributed by atoms with E-state index in [9.17, 15) is 18.0 Å². The highest BCUT2D eigenvalue weighted by molar-refractivity contribution is 7.92. The second-order valence-electron chi connectivity index (χ2n) is 3.86. The van der Waals surface area contributed by atoms with E-state index in [0.717, 1.165) is 13.2 Å². The average molecular weight is 356 g/mol. The van der Waals surface area contributed by atoms with Crippen LogP contribution in [0.4, 0.5) is 5.69 Å². The molecule has 0 bridgehead atoms. The number of rotatable bonds is 6. The smallest absolute Gasteiger partial charge is 0.337 e. The quantitative estimate of drug-likeness (QED) is 0.755. The number of ether oxygens (including phenoxy) is 1. The van der Waals surface area contributed by atoms with Gasteiger partial charge >= 0.3 is 11.9 Å². The number of esters is 1. The molecule has 0 aliphatic rings. The summed E-state index contributed by atoms with van der Waals surface area (Å²) in [5.74, 6) is -2.68. The average Bonchev–Trinajstić information content (AvgIpc) is 2.38. The van der Waals surface area contributed by atoms with Gasteiger partial charge in [-0.2, -0.15) is 0 Å². The third kappa shape index (κ3) is 5.07. The van der Waals surface area contributed by atoms with Crippen LogP contribution in [0.2, 0.25) is 10.0 Å². The van der Waals surface area contributed by atoms with Crippen molar-refractivity contribution in [1.29, 1.82) is 0 Å². The van der Waals surface area contributed by atoms with Gasteiger partial charge in [0.25, 0.3) is 0 Å². The van der Waals surface area contributed by atoms with E-state index in [-0.39, 0.29) is 22.2 Å². The van der Waals surface area contributed by atoms with Crippen molar-refractivity contribution in [2.75, 3.05) is 17.6 Å². The van der Waals surface area contributed by atoms with Gasteiger partial charge in [0.15, 0.2) is 0 Å². The van der Waals surface area contributed by atoms with E-state index in [4.69, 9.17) is 28.3 Å². The van der Waals surface area contributed by atoms with Crippen LogP contribution in [0.5, 0.6) is 0 Å². The summed E-state index contributed by atoms with van der Waals surface area (Å²) in [7, 11) is -2.85. The highest BCUT2D eigenvalue weighted by Crippen LogP contribution is 2.31. The zero-order chi connectivity index (χ0) is 16.2. The Balaban J connectivity index is 3.07. The molecule has 0 saturated carbocycles. The molecule has 2 N–H and O–H groups in total. The minimum atomic E-state index is -3.97. The van der Waals surface area contributed by atoms with Crippen molar-refractivity contribution in [2.24, 2.45) is 0 Å². The Morgan fingerprint density at radius 1 is 1.33 bits per heavy atom. The Bertz CT molecular complexity index is 674. The number of carboxylic acid groups (broad SMARTS) is 1. The molecular formula is C11H11Cl2NO6S. The monoisotopic (exact) mass is 355 g/mol. The van der Waals surface area contributed by atoms with Crippen LogP contribution in [0, 0.1) is 0 Å². The molecule has 0 saturated heterocycles. The summed E-state index contributed by atoms with van der Waals surface area (Å²) in [5.41, 5.74) is -0.701. The lowest BCUT2D eigenvalue weighted by Crippen LogP contribution is -2.21. The molecule has 0 heterocycles. The molecule has 116 valence electrons. The molecule has 0 aliphatic heterocycles. The fourth-order valence-electron chi connectivity index (χ4n) is 1.37. The van der Waals surface area contributed by atoms with Crippen LogP contribution in [0.15, 0.2) is 12.1 Å². The number of halogens is 2. The Morgan fingerprint density at radius 2 is 1.95 bits per heavy atom. The number of sulfonamides is 1. The predicted octanol–water partition coefficient (Wildman–Crippen LogP) is 2.00. The molecule has 0 aromatic heterocycles. The summed E-state index contributed by atoms with van der Waals surface area (Å²) >= 11 is 11.5. The first-order chi connectivity index (χ1) is 9.66. The highest BCUT2D eigenvalue weighted by atomic mass is 35.5. The molecule has 0 radical (unpaired) electrons. The first-order valence-electron chi connectivity index (χ1n) is 5.46. The van der Waals surface area contributed by atoms with Crippen LogP contribution in [0.1, 0.15) is 16.8 Å². The number of carbonyl (C=O) groups excluding carboxylic acids is 1. The topological polar surface area (TPSA) is 110 Å². The molecule has 1 aromatic carbocycles. The molecule has 21 heavy (non-hydrogen) atoms. The Morgan fingerprint density at radius 3 is 2.48 bits per heavy atom. The molecule has 0 fully saturated rings. The molecule has 0 amide bonds. The van der Waals surface area contributed by atoms with Crippen LogP contribution in [-0.2, 0) is 19.6 Å². The van der Waals surface area contributed by atoms with E-state index in [1.54, 1.807) is 0 Å². The predicted molar refractivity (Wildman–Crippen MR) is 77.5 cm³/mol. The number of anilines is 1. The molecule has 0 spiro atoms. The standard InChI is InChI=1S/C11H11Cl2NO6S/c1-20-9(15)2-3-21(18,19)14-10-7(11(16)17)4-6(12)5-8(10)13/h4-5,14H,2-3H2,1H3,(H,16,17). The molecule has 0 unspecified atom stereocenters. The molecule has 1 rings (SSSR count). The number of hydrogen-bond donors (Lipinski definition) is 2. The molecule has 1 aromatic rings. The number of benzene rings is 1. The van der Waals surface area contributed by atoms with E-state index in [0.29, 0.717) is 0 Å². The minimum Gasteiger partial charge on any atom is -0.478 e. The van der Waals surface area contributed by atoms with E-state index >= 15 is 0 Å². The van der Waals surface area contributed by atoms with Crippen LogP contribution in [-0.4, -0.2) is 38.3 Å². The third-order valence-corrected chi connectivity index (χ3v) is 4.12. The fourth-order valence-corrected chi connectivity index (χ4v) is 3.04. The summed E-state index contributed by atoms with van der Waals surface area (Å²) in [6, 6.07) is 2.27. The maximum Gasteiger partial charge on any atom is 0.337 e. The van der Waals surface area contributed by atoms with Crippen molar-refractivity contribution in [1.82, 2.24) is 0 Å². The molecule has 0 aliphatic carbocycles. The van der Waals surface area contributed by atoms with E-state index in [2.05, 4.69) is 4.74 Å². The van der Waals surface area contributed by atoms with Gasteiger partial charge in [-0.05, 0) is 12.1 Å². The zero-order valence-corrected chi connectivity index (χ0v) is 13.0. The van der Waals surface area contributed by atoms with Gasteiger partial charge in [0.05, 0.1) is 35.6 Å². The minimum absolute atomic E-state index is 0.0508. The Hall–Kier alpha value is -1.51. The molecule has 7 nitrogen and oxygen atoms in total. The summed E-state index contributed by atoms with van der Waals surface area (Å²) in [6.07, 6.45) is -0.376. The summed E-state index contributed by atoms with van der Waals surface area (Å²) in [5, 5.41) is 8.93. The largest absolute Gasteiger partial charge is 0.478 e. The van der Waals surface area contributed by atoms with Gasteiger partial charge in [0.1, 0.15) is 0 Å². The Kier molecular flexibility index (Phi) is 5.82. The number of carbonyl (C=O) groups is 2. The second kappa shape index (κ2) is 6.97. The summed E-state index contributed by atoms with van der Waals surface area (Å²) in [6.45, 7) is 0. The Labute approximate surface area is 130 Å². The SMILES string of the molecule is COC(=O)CCS(=O)(=O)Nc1c(Cl)cc(Cl)cc1C(=O)O. The van der Waals surface area contributed by atoms with Gasteiger partial charge in [-0.3, -0.25) is 9.52 Å². The van der Waals surface area contributed by atoms with Gasteiger partial charge in [0.2, 0.25) is 10.0 Å². The van der Waals surface area contributed by atoms with Crippen LogP contribution < -0.4 is 4.72 Å². The first-order valence-corrected chi connectivity index (χ1v) is 7.86. The normalized spacial score (nSPS) is 11.0. The molecule has 10 heteroatoms. The van der Waals surface area contributed by atoms with Crippen molar-refractivity contribution in [2.45, 2.75) is 6.42 Å². The van der Waals surface area contributed by atoms with Gasteiger partial charge in [-0.25, -0.2) is 13.2 Å². The summed E-state index contributed by atoms with van der Waals surface area (Å²) < 4.78 is 30.0. The lowest BCUT2D eigenvalue weighted by atomic mass is 10.2. The maximum atomic E-state index is 11.8. The number of nitrogens with one attached hydrogen (secondary N) is 1. The molecular weight excluding hydrogens is 345 g/mol.